The van der Waals surface area contributed by atoms with Crippen LogP contribution in [0.15, 0.2) is 12.7 Å². The fourth-order valence-corrected chi connectivity index (χ4v) is 2.11. The number of carbonyl (C=O) groups is 2. The smallest absolute Gasteiger partial charge is 0.233 e. The van der Waals surface area contributed by atoms with Crippen molar-refractivity contribution in [1.82, 2.24) is 4.90 Å². The maximum Gasteiger partial charge on any atom is 0.233 e. The van der Waals surface area contributed by atoms with Gasteiger partial charge in [0.2, 0.25) is 5.91 Å². The van der Waals surface area contributed by atoms with Gasteiger partial charge in [-0.05, 0) is 11.8 Å². The standard InChI is InChI=1S/C12H19NO2/c1-5-6-13(4)11(15)9-7-12(2,3)8-10(9)14/h5,9H,1,6-8H2,2-4H3. The molecule has 1 rings (SSSR count). The monoisotopic (exact) mass is 209 g/mol. The molecule has 1 aliphatic rings. The molecular formula is C12H19NO2. The number of amides is 1. The Kier molecular flexibility index (Phi) is 3.32. The van der Waals surface area contributed by atoms with Crippen LogP contribution in [0.4, 0.5) is 0 Å². The minimum absolute atomic E-state index is 0.0214. The fraction of sp³-hybridized carbons (Fsp3) is 0.667. The van der Waals surface area contributed by atoms with Crippen molar-refractivity contribution in [2.24, 2.45) is 11.3 Å². The van der Waals surface area contributed by atoms with E-state index in [0.717, 1.165) is 0 Å². The lowest BCUT2D eigenvalue weighted by molar-refractivity contribution is -0.138. The summed E-state index contributed by atoms with van der Waals surface area (Å²) < 4.78 is 0. The lowest BCUT2D eigenvalue weighted by Crippen LogP contribution is -2.35. The molecule has 0 spiro atoms. The van der Waals surface area contributed by atoms with Crippen molar-refractivity contribution in [1.29, 1.82) is 0 Å². The first kappa shape index (κ1) is 12.0. The Morgan fingerprint density at radius 1 is 1.67 bits per heavy atom. The number of hydrogen-bond acceptors (Lipinski definition) is 2. The van der Waals surface area contributed by atoms with Gasteiger partial charge in [-0.1, -0.05) is 19.9 Å². The van der Waals surface area contributed by atoms with Crippen LogP contribution in [-0.2, 0) is 9.59 Å². The number of hydrogen-bond donors (Lipinski definition) is 0. The normalized spacial score (nSPS) is 23.9. The second-order valence-electron chi connectivity index (χ2n) is 5.07. The summed E-state index contributed by atoms with van der Waals surface area (Å²) >= 11 is 0. The molecule has 0 heterocycles. The summed E-state index contributed by atoms with van der Waals surface area (Å²) in [6.07, 6.45) is 2.86. The van der Waals surface area contributed by atoms with Gasteiger partial charge in [-0.25, -0.2) is 0 Å². The highest BCUT2D eigenvalue weighted by atomic mass is 16.2. The van der Waals surface area contributed by atoms with E-state index in [-0.39, 0.29) is 17.1 Å². The Labute approximate surface area is 91.1 Å². The highest BCUT2D eigenvalue weighted by Crippen LogP contribution is 2.39. The lowest BCUT2D eigenvalue weighted by Gasteiger charge is -2.20. The number of nitrogens with zero attached hydrogens (tertiary/aromatic N) is 1. The van der Waals surface area contributed by atoms with Crippen LogP contribution >= 0.6 is 0 Å². The predicted molar refractivity (Wildman–Crippen MR) is 59.3 cm³/mol. The number of carbonyl (C=O) groups excluding carboxylic acids is 2. The van der Waals surface area contributed by atoms with Crippen LogP contribution in [0.5, 0.6) is 0 Å². The van der Waals surface area contributed by atoms with Crippen LogP contribution in [-0.4, -0.2) is 30.2 Å². The average Bonchev–Trinajstić information content (AvgIpc) is 2.39. The molecular weight excluding hydrogens is 190 g/mol. The zero-order valence-electron chi connectivity index (χ0n) is 9.75. The first-order valence-electron chi connectivity index (χ1n) is 5.26. The van der Waals surface area contributed by atoms with Gasteiger partial charge in [0, 0.05) is 20.0 Å². The van der Waals surface area contributed by atoms with Gasteiger partial charge in [-0.3, -0.25) is 9.59 Å². The van der Waals surface area contributed by atoms with E-state index in [4.69, 9.17) is 0 Å². The van der Waals surface area contributed by atoms with E-state index in [1.807, 2.05) is 13.8 Å². The first-order valence-corrected chi connectivity index (χ1v) is 5.26. The molecule has 15 heavy (non-hydrogen) atoms. The molecule has 0 saturated heterocycles. The van der Waals surface area contributed by atoms with Crippen molar-refractivity contribution in [3.63, 3.8) is 0 Å². The van der Waals surface area contributed by atoms with Gasteiger partial charge in [-0.15, -0.1) is 6.58 Å². The molecule has 3 nitrogen and oxygen atoms in total. The number of Topliss-reactive ketones (excluding diaryl/α,β-unsaturated/α-hetero) is 1. The zero-order chi connectivity index (χ0) is 11.6. The molecule has 1 fully saturated rings. The molecule has 0 aliphatic heterocycles. The molecule has 1 atom stereocenters. The van der Waals surface area contributed by atoms with Crippen LogP contribution < -0.4 is 0 Å². The third kappa shape index (κ3) is 2.67. The van der Waals surface area contributed by atoms with Gasteiger partial charge in [-0.2, -0.15) is 0 Å². The molecule has 0 bridgehead atoms. The van der Waals surface area contributed by atoms with Crippen LogP contribution in [0.25, 0.3) is 0 Å². The molecule has 0 aromatic rings. The molecule has 0 aromatic carbocycles. The molecule has 3 heteroatoms. The maximum atomic E-state index is 11.9. The quantitative estimate of drug-likeness (QED) is 0.523. The molecule has 84 valence electrons. The number of ketones is 1. The summed E-state index contributed by atoms with van der Waals surface area (Å²) in [6.45, 7) is 8.15. The van der Waals surface area contributed by atoms with Gasteiger partial charge in [0.15, 0.2) is 0 Å². The minimum atomic E-state index is -0.426. The van der Waals surface area contributed by atoms with Gasteiger partial charge in [0.25, 0.3) is 0 Å². The first-order chi connectivity index (χ1) is 6.87. The topological polar surface area (TPSA) is 37.4 Å². The van der Waals surface area contributed by atoms with Crippen LogP contribution in [0.2, 0.25) is 0 Å². The fourth-order valence-electron chi connectivity index (χ4n) is 2.11. The van der Waals surface area contributed by atoms with Crippen molar-refractivity contribution in [2.75, 3.05) is 13.6 Å². The highest BCUT2D eigenvalue weighted by molar-refractivity contribution is 6.03. The van der Waals surface area contributed by atoms with Gasteiger partial charge in [0.1, 0.15) is 5.78 Å². The van der Waals surface area contributed by atoms with Crippen molar-refractivity contribution in [3.8, 4) is 0 Å². The minimum Gasteiger partial charge on any atom is -0.341 e. The largest absolute Gasteiger partial charge is 0.341 e. The van der Waals surface area contributed by atoms with Crippen molar-refractivity contribution >= 4 is 11.7 Å². The summed E-state index contributed by atoms with van der Waals surface area (Å²) in [7, 11) is 1.71. The molecule has 1 unspecified atom stereocenters. The average molecular weight is 209 g/mol. The Bertz CT molecular complexity index is 294. The summed E-state index contributed by atoms with van der Waals surface area (Å²) in [5.74, 6) is -0.406. The number of likely N-dealkylation sites (N-methyl/N-ethyl adjacent to an activating group) is 1. The van der Waals surface area contributed by atoms with Crippen molar-refractivity contribution in [3.05, 3.63) is 12.7 Å². The van der Waals surface area contributed by atoms with E-state index in [2.05, 4.69) is 6.58 Å². The van der Waals surface area contributed by atoms with E-state index >= 15 is 0 Å². The van der Waals surface area contributed by atoms with Gasteiger partial charge < -0.3 is 4.90 Å². The van der Waals surface area contributed by atoms with Crippen LogP contribution in [0.3, 0.4) is 0 Å². The molecule has 1 amide bonds. The molecule has 0 radical (unpaired) electrons. The van der Waals surface area contributed by atoms with Crippen LogP contribution in [0.1, 0.15) is 26.7 Å². The molecule has 1 aliphatic carbocycles. The van der Waals surface area contributed by atoms with E-state index in [9.17, 15) is 9.59 Å². The second kappa shape index (κ2) is 4.17. The van der Waals surface area contributed by atoms with Gasteiger partial charge in [0.05, 0.1) is 5.92 Å². The Morgan fingerprint density at radius 3 is 2.67 bits per heavy atom. The van der Waals surface area contributed by atoms with E-state index < -0.39 is 5.92 Å². The SMILES string of the molecule is C=CCN(C)C(=O)C1CC(C)(C)CC1=O. The lowest BCUT2D eigenvalue weighted by atomic mass is 9.90. The van der Waals surface area contributed by atoms with Gasteiger partial charge >= 0.3 is 0 Å². The Hall–Kier alpha value is -1.12. The summed E-state index contributed by atoms with van der Waals surface area (Å²) in [4.78, 5) is 25.1. The second-order valence-corrected chi connectivity index (χ2v) is 5.07. The molecule has 1 saturated carbocycles. The summed E-state index contributed by atoms with van der Waals surface area (Å²) in [6, 6.07) is 0. The molecule has 0 aromatic heterocycles. The van der Waals surface area contributed by atoms with Crippen LogP contribution in [0, 0.1) is 11.3 Å². The maximum absolute atomic E-state index is 11.9. The van der Waals surface area contributed by atoms with Crippen molar-refractivity contribution < 1.29 is 9.59 Å². The highest BCUT2D eigenvalue weighted by Gasteiger charge is 2.42. The Morgan fingerprint density at radius 2 is 2.27 bits per heavy atom. The van der Waals surface area contributed by atoms with Crippen molar-refractivity contribution in [2.45, 2.75) is 26.7 Å². The number of rotatable bonds is 3. The summed E-state index contributed by atoms with van der Waals surface area (Å²) in [5, 5.41) is 0. The van der Waals surface area contributed by atoms with E-state index in [0.29, 0.717) is 19.4 Å². The van der Waals surface area contributed by atoms with E-state index in [1.165, 1.54) is 0 Å². The summed E-state index contributed by atoms with van der Waals surface area (Å²) in [5.41, 5.74) is -0.0214. The predicted octanol–water partition coefficient (Wildman–Crippen LogP) is 1.64. The zero-order valence-corrected chi connectivity index (χ0v) is 9.75. The third-order valence-electron chi connectivity index (χ3n) is 2.88. The third-order valence-corrected chi connectivity index (χ3v) is 2.88. The Balaban J connectivity index is 2.69. The molecule has 0 N–H and O–H groups in total. The van der Waals surface area contributed by atoms with E-state index in [1.54, 1.807) is 18.0 Å².